The molecule has 1 heterocycles. The number of aldehydes is 1. The molecular weight excluding hydrogens is 319 g/mol. The second-order valence-corrected chi connectivity index (χ2v) is 6.51. The highest BCUT2D eigenvalue weighted by molar-refractivity contribution is 6.66. The second-order valence-electron chi connectivity index (χ2n) is 6.13. The van der Waals surface area contributed by atoms with E-state index in [0.717, 1.165) is 6.07 Å². The van der Waals surface area contributed by atoms with Gasteiger partial charge in [-0.3, -0.25) is 4.79 Å². The third kappa shape index (κ3) is 2.77. The largest absolute Gasteiger partial charge is 0.496 e. The van der Waals surface area contributed by atoms with Gasteiger partial charge in [0.05, 0.1) is 21.8 Å². The molecule has 0 bridgehead atoms. The molecule has 1 saturated heterocycles. The van der Waals surface area contributed by atoms with E-state index in [1.54, 1.807) is 0 Å². The van der Waals surface area contributed by atoms with Crippen LogP contribution >= 0.6 is 11.6 Å². The maximum Gasteiger partial charge on any atom is 0.496 e. The first-order valence-electron chi connectivity index (χ1n) is 6.61. The summed E-state index contributed by atoms with van der Waals surface area (Å²) in [7, 11) is -0.932. The Morgan fingerprint density at radius 3 is 2.05 bits per heavy atom. The Kier molecular flexibility index (Phi) is 4.13. The van der Waals surface area contributed by atoms with Crippen molar-refractivity contribution in [3.05, 3.63) is 28.3 Å². The van der Waals surface area contributed by atoms with Gasteiger partial charge in [-0.15, -0.1) is 0 Å². The highest BCUT2D eigenvalue weighted by Gasteiger charge is 2.52. The smallest absolute Gasteiger partial charge is 0.399 e. The molecule has 1 aliphatic rings. The fourth-order valence-electron chi connectivity index (χ4n) is 2.12. The van der Waals surface area contributed by atoms with Crippen LogP contribution in [0.2, 0.25) is 5.02 Å². The van der Waals surface area contributed by atoms with Gasteiger partial charge in [0, 0.05) is 11.0 Å². The Morgan fingerprint density at radius 2 is 1.64 bits per heavy atom. The third-order valence-electron chi connectivity index (χ3n) is 4.14. The maximum absolute atomic E-state index is 12.9. The van der Waals surface area contributed by atoms with Gasteiger partial charge in [-0.05, 0) is 33.8 Å². The lowest BCUT2D eigenvalue weighted by atomic mass is 9.77. The fraction of sp³-hybridized carbons (Fsp3) is 0.500. The van der Waals surface area contributed by atoms with Crippen molar-refractivity contribution in [1.82, 2.24) is 0 Å². The Labute approximate surface area is 131 Å². The van der Waals surface area contributed by atoms with Crippen molar-refractivity contribution in [1.29, 1.82) is 0 Å². The number of halogens is 4. The number of carbonyl (C=O) groups excluding carboxylic acids is 1. The predicted molar refractivity (Wildman–Crippen MR) is 77.6 cm³/mol. The number of alkyl halides is 3. The lowest BCUT2D eigenvalue weighted by Gasteiger charge is -2.32. The van der Waals surface area contributed by atoms with Gasteiger partial charge in [0.2, 0.25) is 0 Å². The fourth-order valence-corrected chi connectivity index (χ4v) is 2.42. The summed E-state index contributed by atoms with van der Waals surface area (Å²) in [6.07, 6.45) is -4.56. The summed E-state index contributed by atoms with van der Waals surface area (Å²) in [6, 6.07) is 2.00. The molecule has 1 aromatic rings. The van der Waals surface area contributed by atoms with Gasteiger partial charge in [-0.25, -0.2) is 0 Å². The van der Waals surface area contributed by atoms with E-state index in [-0.39, 0.29) is 16.8 Å². The molecule has 0 aliphatic carbocycles. The molecule has 0 atom stereocenters. The molecule has 0 amide bonds. The zero-order valence-corrected chi connectivity index (χ0v) is 13.3. The molecule has 0 saturated carbocycles. The highest BCUT2D eigenvalue weighted by atomic mass is 35.5. The molecular formula is C14H15BClF3O3. The average Bonchev–Trinajstić information content (AvgIpc) is 2.56. The molecule has 0 unspecified atom stereocenters. The van der Waals surface area contributed by atoms with Crippen LogP contribution in [0.3, 0.4) is 0 Å². The topological polar surface area (TPSA) is 35.5 Å². The highest BCUT2D eigenvalue weighted by Crippen LogP contribution is 2.38. The molecule has 22 heavy (non-hydrogen) atoms. The first-order valence-corrected chi connectivity index (χ1v) is 6.99. The van der Waals surface area contributed by atoms with Crippen molar-refractivity contribution in [3.63, 3.8) is 0 Å². The molecule has 0 radical (unpaired) electrons. The number of benzene rings is 1. The van der Waals surface area contributed by atoms with Crippen LogP contribution in [0.5, 0.6) is 0 Å². The molecule has 0 aromatic heterocycles. The average molecular weight is 335 g/mol. The van der Waals surface area contributed by atoms with E-state index in [1.807, 2.05) is 27.7 Å². The summed E-state index contributed by atoms with van der Waals surface area (Å²) >= 11 is 6.00. The van der Waals surface area contributed by atoms with Crippen molar-refractivity contribution in [2.75, 3.05) is 0 Å². The summed E-state index contributed by atoms with van der Waals surface area (Å²) in [4.78, 5) is 11.1. The Morgan fingerprint density at radius 1 is 1.14 bits per heavy atom. The zero-order valence-electron chi connectivity index (χ0n) is 12.5. The Balaban J connectivity index is 2.50. The van der Waals surface area contributed by atoms with Crippen LogP contribution in [-0.4, -0.2) is 24.6 Å². The first-order chi connectivity index (χ1) is 9.90. The minimum absolute atomic E-state index is 0.0971. The van der Waals surface area contributed by atoms with Gasteiger partial charge in [0.1, 0.15) is 0 Å². The molecule has 1 aromatic carbocycles. The lowest BCUT2D eigenvalue weighted by Crippen LogP contribution is -2.41. The van der Waals surface area contributed by atoms with E-state index in [0.29, 0.717) is 0 Å². The van der Waals surface area contributed by atoms with Gasteiger partial charge in [0.25, 0.3) is 0 Å². The van der Waals surface area contributed by atoms with Crippen molar-refractivity contribution < 1.29 is 27.3 Å². The van der Waals surface area contributed by atoms with Gasteiger partial charge >= 0.3 is 13.3 Å². The number of hydrogen-bond acceptors (Lipinski definition) is 3. The molecule has 2 rings (SSSR count). The normalized spacial score (nSPS) is 20.3. The maximum atomic E-state index is 12.9. The van der Waals surface area contributed by atoms with Gasteiger partial charge < -0.3 is 9.31 Å². The molecule has 0 spiro atoms. The second kappa shape index (κ2) is 5.25. The number of rotatable bonds is 2. The van der Waals surface area contributed by atoms with Crippen LogP contribution in [0.1, 0.15) is 43.6 Å². The summed E-state index contributed by atoms with van der Waals surface area (Å²) < 4.78 is 50.2. The van der Waals surface area contributed by atoms with Crippen molar-refractivity contribution >= 4 is 30.5 Å². The van der Waals surface area contributed by atoms with Crippen molar-refractivity contribution in [2.45, 2.75) is 45.1 Å². The zero-order chi connectivity index (χ0) is 16.9. The summed E-state index contributed by atoms with van der Waals surface area (Å²) in [6.45, 7) is 7.24. The summed E-state index contributed by atoms with van der Waals surface area (Å²) in [5.74, 6) is 0. The van der Waals surface area contributed by atoms with Crippen molar-refractivity contribution in [3.8, 4) is 0 Å². The van der Waals surface area contributed by atoms with E-state index in [2.05, 4.69) is 0 Å². The SMILES string of the molecule is CC1(C)OB(c2ccc(C(F)(F)F)c(C=O)c2Cl)OC1(C)C. The van der Waals surface area contributed by atoms with Gasteiger partial charge in [-0.1, -0.05) is 17.7 Å². The van der Waals surface area contributed by atoms with E-state index in [4.69, 9.17) is 20.9 Å². The predicted octanol–water partition coefficient (Wildman–Crippen LogP) is 3.47. The molecule has 1 aliphatic heterocycles. The minimum atomic E-state index is -4.66. The van der Waals surface area contributed by atoms with Crippen LogP contribution < -0.4 is 5.46 Å². The quantitative estimate of drug-likeness (QED) is 0.614. The standard InChI is InChI=1S/C14H15BClF3O3/c1-12(2)13(3,4)22-15(21-12)10-6-5-9(14(17,18)19)8(7-20)11(10)16/h5-7H,1-4H3. The minimum Gasteiger partial charge on any atom is -0.399 e. The third-order valence-corrected chi connectivity index (χ3v) is 4.56. The first kappa shape index (κ1) is 17.3. The Hall–Kier alpha value is -1.05. The van der Waals surface area contributed by atoms with Crippen molar-refractivity contribution in [2.24, 2.45) is 0 Å². The van der Waals surface area contributed by atoms with Crippen LogP contribution in [0.25, 0.3) is 0 Å². The van der Waals surface area contributed by atoms with Crippen LogP contribution in [0, 0.1) is 0 Å². The molecule has 8 heteroatoms. The summed E-state index contributed by atoms with van der Waals surface area (Å²) in [5.41, 5.74) is -2.81. The van der Waals surface area contributed by atoms with E-state index >= 15 is 0 Å². The Bertz CT molecular complexity index is 598. The van der Waals surface area contributed by atoms with E-state index in [9.17, 15) is 18.0 Å². The molecule has 0 N–H and O–H groups in total. The molecule has 1 fully saturated rings. The molecule has 120 valence electrons. The van der Waals surface area contributed by atoms with E-state index in [1.165, 1.54) is 6.07 Å². The number of carbonyl (C=O) groups is 1. The van der Waals surface area contributed by atoms with Crippen LogP contribution in [0.4, 0.5) is 13.2 Å². The van der Waals surface area contributed by atoms with E-state index < -0.39 is 35.6 Å². The number of hydrogen-bond donors (Lipinski definition) is 0. The van der Waals surface area contributed by atoms with Gasteiger partial charge in [-0.2, -0.15) is 13.2 Å². The monoisotopic (exact) mass is 334 g/mol. The van der Waals surface area contributed by atoms with Crippen LogP contribution in [0.15, 0.2) is 12.1 Å². The lowest BCUT2D eigenvalue weighted by molar-refractivity contribution is -0.137. The summed E-state index contributed by atoms with van der Waals surface area (Å²) in [5, 5.41) is -0.302. The van der Waals surface area contributed by atoms with Crippen LogP contribution in [-0.2, 0) is 15.5 Å². The van der Waals surface area contributed by atoms with Gasteiger partial charge in [0.15, 0.2) is 6.29 Å². The molecule has 3 nitrogen and oxygen atoms in total.